The van der Waals surface area contributed by atoms with E-state index in [2.05, 4.69) is 49.1 Å². The first kappa shape index (κ1) is 46.6. The van der Waals surface area contributed by atoms with E-state index in [-0.39, 0.29) is 52.6 Å². The number of para-hydroxylation sites is 1. The van der Waals surface area contributed by atoms with E-state index in [1.165, 1.54) is 37.3 Å². The lowest BCUT2D eigenvalue weighted by Gasteiger charge is -2.61. The summed E-state index contributed by atoms with van der Waals surface area (Å²) in [5, 5.41) is 27.2. The van der Waals surface area contributed by atoms with Crippen molar-refractivity contribution in [3.8, 4) is 17.4 Å². The van der Waals surface area contributed by atoms with Crippen LogP contribution in [-0.4, -0.2) is 115 Å². The molecule has 2 aromatic heterocycles. The number of likely N-dealkylation sites (tertiary alicyclic amines) is 1. The van der Waals surface area contributed by atoms with Crippen molar-refractivity contribution < 1.29 is 42.2 Å². The summed E-state index contributed by atoms with van der Waals surface area (Å²) in [5.74, 6) is 0.593. The number of carbonyl (C=O) groups is 1. The van der Waals surface area contributed by atoms with Crippen LogP contribution in [0.3, 0.4) is 0 Å². The number of anilines is 4. The number of hydrogen-bond acceptors (Lipinski definition) is 15. The van der Waals surface area contributed by atoms with Gasteiger partial charge in [0, 0.05) is 60.5 Å². The third-order valence-corrected chi connectivity index (χ3v) is 19.3. The van der Waals surface area contributed by atoms with E-state index in [1.807, 2.05) is 36.1 Å². The van der Waals surface area contributed by atoms with Gasteiger partial charge in [0.2, 0.25) is 5.88 Å². The molecule has 4 N–H and O–H groups in total. The summed E-state index contributed by atoms with van der Waals surface area (Å²) < 4.78 is 55.7. The minimum atomic E-state index is -4.71. The van der Waals surface area contributed by atoms with Crippen molar-refractivity contribution in [1.29, 1.82) is 0 Å². The molecule has 8 heterocycles. The molecule has 2 saturated carbocycles. The fourth-order valence-corrected chi connectivity index (χ4v) is 14.9. The number of aliphatic hydroxyl groups is 1. The van der Waals surface area contributed by atoms with Crippen LogP contribution < -0.4 is 34.0 Å². The maximum absolute atomic E-state index is 14.8. The highest BCUT2D eigenvalue weighted by atomic mass is 32.2. The molecule has 384 valence electrons. The minimum Gasteiger partial charge on any atom is -0.493 e. The molecule has 13 rings (SSSR count). The SMILES string of the molecule is CC1(O)CCC([C@@H]2COc3cc(S(=O)(=O)NC(=O)c4ccc(N5CCC6(CC5)CC(N5CCCC[C@]57CCOc5ccccc57)C6)cc4N4c5cc6cc[nH]c6nc5O[C@@H]5COC[C@H]54)cc([N+](=O)[O-])c3N2)CC1. The second kappa shape index (κ2) is 17.5. The normalized spacial score (nSPS) is 28.6. The molecular formula is C54H62N8O10S. The van der Waals surface area contributed by atoms with Gasteiger partial charge in [-0.1, -0.05) is 18.2 Å². The molecular weight excluding hydrogens is 953 g/mol. The first-order valence-corrected chi connectivity index (χ1v) is 27.7. The van der Waals surface area contributed by atoms with Gasteiger partial charge < -0.3 is 44.2 Å². The lowest BCUT2D eigenvalue weighted by Crippen LogP contribution is -2.62. The molecule has 8 aliphatic rings. The van der Waals surface area contributed by atoms with E-state index in [9.17, 15) is 28.4 Å². The molecule has 18 nitrogen and oxygen atoms in total. The van der Waals surface area contributed by atoms with Crippen molar-refractivity contribution in [2.75, 3.05) is 61.2 Å². The number of hydrogen-bond donors (Lipinski definition) is 4. The number of ether oxygens (including phenoxy) is 4. The lowest BCUT2D eigenvalue weighted by atomic mass is 9.58. The van der Waals surface area contributed by atoms with Gasteiger partial charge in [0.25, 0.3) is 21.6 Å². The maximum atomic E-state index is 14.8. The Labute approximate surface area is 423 Å². The first-order chi connectivity index (χ1) is 35.3. The average molecular weight is 1020 g/mol. The molecule has 19 heteroatoms. The molecule has 1 amide bonds. The molecule has 2 aliphatic carbocycles. The van der Waals surface area contributed by atoms with Gasteiger partial charge in [-0.25, -0.2) is 13.1 Å². The summed E-state index contributed by atoms with van der Waals surface area (Å²) >= 11 is 0. The van der Waals surface area contributed by atoms with Crippen LogP contribution in [0.5, 0.6) is 17.4 Å². The Hall–Kier alpha value is -6.15. The Kier molecular flexibility index (Phi) is 11.2. The predicted octanol–water partition coefficient (Wildman–Crippen LogP) is 7.91. The van der Waals surface area contributed by atoms with E-state index in [1.54, 1.807) is 12.3 Å². The zero-order chi connectivity index (χ0) is 49.9. The van der Waals surface area contributed by atoms with Gasteiger partial charge in [-0.2, -0.15) is 4.98 Å². The summed E-state index contributed by atoms with van der Waals surface area (Å²) in [6.45, 7) is 6.07. The number of sulfonamides is 1. The fourth-order valence-electron chi connectivity index (χ4n) is 13.9. The van der Waals surface area contributed by atoms with Crippen LogP contribution in [0.2, 0.25) is 0 Å². The second-order valence-corrected chi connectivity index (χ2v) is 24.0. The van der Waals surface area contributed by atoms with Crippen LogP contribution in [-0.2, 0) is 20.3 Å². The van der Waals surface area contributed by atoms with Crippen LogP contribution in [0.4, 0.5) is 28.4 Å². The predicted molar refractivity (Wildman–Crippen MR) is 273 cm³/mol. The number of carbonyl (C=O) groups excluding carboxylic acids is 1. The molecule has 73 heavy (non-hydrogen) atoms. The van der Waals surface area contributed by atoms with Crippen molar-refractivity contribution in [1.82, 2.24) is 19.6 Å². The number of nitrogens with zero attached hydrogens (tertiary/aromatic N) is 5. The van der Waals surface area contributed by atoms with Crippen LogP contribution in [0.15, 0.2) is 77.8 Å². The summed E-state index contributed by atoms with van der Waals surface area (Å²) in [6, 6.07) is 20.1. The highest BCUT2D eigenvalue weighted by Gasteiger charge is 2.54. The molecule has 0 unspecified atom stereocenters. The number of nitrogens with one attached hydrogen (secondary N) is 3. The van der Waals surface area contributed by atoms with Crippen LogP contribution in [0, 0.1) is 21.4 Å². The van der Waals surface area contributed by atoms with E-state index >= 15 is 0 Å². The molecule has 2 spiro atoms. The van der Waals surface area contributed by atoms with Crippen molar-refractivity contribution in [3.63, 3.8) is 0 Å². The Morgan fingerprint density at radius 1 is 0.904 bits per heavy atom. The molecule has 3 saturated heterocycles. The van der Waals surface area contributed by atoms with Gasteiger partial charge in [-0.05, 0) is 132 Å². The number of fused-ring (bicyclic) bond motifs is 6. The smallest absolute Gasteiger partial charge is 0.297 e. The Morgan fingerprint density at radius 2 is 1.73 bits per heavy atom. The number of aromatic amines is 1. The van der Waals surface area contributed by atoms with Gasteiger partial charge in [0.15, 0.2) is 11.4 Å². The number of aromatic nitrogens is 2. The Morgan fingerprint density at radius 3 is 2.55 bits per heavy atom. The van der Waals surface area contributed by atoms with Gasteiger partial charge in [-0.15, -0.1) is 0 Å². The maximum Gasteiger partial charge on any atom is 0.297 e. The van der Waals surface area contributed by atoms with E-state index in [0.717, 1.165) is 74.8 Å². The number of nitro groups is 1. The van der Waals surface area contributed by atoms with Gasteiger partial charge >= 0.3 is 0 Å². The third-order valence-electron chi connectivity index (χ3n) is 18.0. The van der Waals surface area contributed by atoms with Gasteiger partial charge in [0.1, 0.15) is 29.8 Å². The van der Waals surface area contributed by atoms with E-state index in [0.29, 0.717) is 67.8 Å². The Balaban J connectivity index is 0.788. The van der Waals surface area contributed by atoms with Crippen molar-refractivity contribution in [2.45, 2.75) is 124 Å². The number of H-pyrrole nitrogens is 1. The van der Waals surface area contributed by atoms with Crippen LogP contribution in [0.25, 0.3) is 11.0 Å². The first-order valence-electron chi connectivity index (χ1n) is 26.2. The summed E-state index contributed by atoms with van der Waals surface area (Å²) in [4.78, 5) is 41.5. The van der Waals surface area contributed by atoms with Crippen molar-refractivity contribution in [2.24, 2.45) is 11.3 Å². The van der Waals surface area contributed by atoms with Gasteiger partial charge in [-0.3, -0.25) is 19.8 Å². The number of amides is 1. The fraction of sp³-hybridized carbons (Fsp3) is 0.519. The zero-order valence-electron chi connectivity index (χ0n) is 41.0. The summed E-state index contributed by atoms with van der Waals surface area (Å²) in [7, 11) is -4.71. The molecule has 6 aliphatic heterocycles. The molecule has 4 atom stereocenters. The quantitative estimate of drug-likeness (QED) is 0.0859. The highest BCUT2D eigenvalue weighted by molar-refractivity contribution is 7.90. The minimum absolute atomic E-state index is 0.00753. The molecule has 0 bridgehead atoms. The number of nitro benzene ring substituents is 1. The van der Waals surface area contributed by atoms with E-state index < -0.39 is 43.1 Å². The summed E-state index contributed by atoms with van der Waals surface area (Å²) in [5.41, 5.74) is 3.18. The largest absolute Gasteiger partial charge is 0.493 e. The number of piperidine rings is 2. The molecule has 5 aromatic rings. The van der Waals surface area contributed by atoms with Crippen molar-refractivity contribution >= 4 is 55.4 Å². The van der Waals surface area contributed by atoms with Gasteiger partial charge in [0.05, 0.1) is 64.1 Å². The zero-order valence-corrected chi connectivity index (χ0v) is 41.8. The lowest BCUT2D eigenvalue weighted by molar-refractivity contribution is -0.384. The number of pyridine rings is 1. The van der Waals surface area contributed by atoms with E-state index in [4.69, 9.17) is 23.9 Å². The highest BCUT2D eigenvalue weighted by Crippen LogP contribution is 2.57. The molecule has 3 aromatic carbocycles. The van der Waals surface area contributed by atoms with Crippen LogP contribution in [0.1, 0.15) is 99.9 Å². The van der Waals surface area contributed by atoms with Crippen LogP contribution >= 0.6 is 0 Å². The number of rotatable bonds is 8. The topological polar surface area (TPSA) is 214 Å². The molecule has 0 radical (unpaired) electrons. The number of benzene rings is 3. The molecule has 5 fully saturated rings. The second-order valence-electron chi connectivity index (χ2n) is 22.3. The average Bonchev–Trinajstić information content (AvgIpc) is 4.06. The monoisotopic (exact) mass is 1010 g/mol. The van der Waals surface area contributed by atoms with Crippen molar-refractivity contribution in [3.05, 3.63) is 94.2 Å². The standard InChI is InChI=1S/C54H62N8O10S/c1-52(64)14-10-33(11-15-52)40-30-71-46-27-37(26-42(62(65)66)48(46)56-40)73(67,68)58-50(63)38-9-8-35(25-41(38)61-43-24-34-12-19-55-49(34)57-51(43)72-47-32-69-31-44(47)61)59-21-16-53(17-22-59)28-36(29-53)60-20-5-4-13-54(60)18-23-70-45-7-3-2-6-39(45)54/h2-3,6-9,12,19,24-27,33,36,40,44,47,56,64H,4-5,10-11,13-18,20-23,28-32H2,1H3,(H,55,57)(H,58,63)/t33?,40-,44+,47+,52?,54+/m0/s1. The third kappa shape index (κ3) is 8.03. The Bertz CT molecular complexity index is 3120. The summed E-state index contributed by atoms with van der Waals surface area (Å²) in [6.07, 6.45) is 13.0.